The van der Waals surface area contributed by atoms with Gasteiger partial charge in [0, 0.05) is 13.1 Å². The van der Waals surface area contributed by atoms with Gasteiger partial charge in [-0.3, -0.25) is 8.98 Å². The molecule has 0 spiro atoms. The Kier molecular flexibility index (Phi) is 4.97. The van der Waals surface area contributed by atoms with Crippen LogP contribution in [0.15, 0.2) is 0 Å². The van der Waals surface area contributed by atoms with Gasteiger partial charge in [0.15, 0.2) is 0 Å². The number of carboxylic acids is 1. The van der Waals surface area contributed by atoms with Crippen LogP contribution in [0.4, 0.5) is 18.0 Å². The van der Waals surface area contributed by atoms with Crippen LogP contribution in [0.5, 0.6) is 0 Å². The summed E-state index contributed by atoms with van der Waals surface area (Å²) in [5.74, 6) is -1.54. The number of carboxylic acid groups (broad SMARTS) is 2. The van der Waals surface area contributed by atoms with Crippen LogP contribution in [0.1, 0.15) is 19.8 Å². The van der Waals surface area contributed by atoms with Gasteiger partial charge in [-0.05, 0) is 19.8 Å². The van der Waals surface area contributed by atoms with Crippen molar-refractivity contribution in [2.45, 2.75) is 31.4 Å². The summed E-state index contributed by atoms with van der Waals surface area (Å²) in [7, 11) is -5.94. The van der Waals surface area contributed by atoms with Crippen LogP contribution in [0.25, 0.3) is 0 Å². The van der Waals surface area contributed by atoms with E-state index in [0.717, 1.165) is 11.8 Å². The molecule has 1 rings (SSSR count). The lowest BCUT2D eigenvalue weighted by Crippen LogP contribution is -2.52. The van der Waals surface area contributed by atoms with Crippen LogP contribution < -0.4 is 0 Å². The standard InChI is InChI=1S/C10H14F3NO7S/c1-6(21-22(19,20)10(11,12)13)9(7(15)16)2-4-14(5-3-9)8(17)18/h6H,2-5H2,1H3,(H,15,16)(H,17,18). The molecule has 0 bridgehead atoms. The van der Waals surface area contributed by atoms with E-state index in [0.29, 0.717) is 0 Å². The second kappa shape index (κ2) is 5.91. The number of amides is 1. The van der Waals surface area contributed by atoms with Gasteiger partial charge in [-0.1, -0.05) is 0 Å². The van der Waals surface area contributed by atoms with Gasteiger partial charge in [0.05, 0.1) is 11.5 Å². The molecule has 0 saturated carbocycles. The summed E-state index contributed by atoms with van der Waals surface area (Å²) >= 11 is 0. The molecule has 12 heteroatoms. The SMILES string of the molecule is CC(OS(=O)(=O)C(F)(F)F)C1(C(=O)O)CCN(C(=O)O)CC1. The van der Waals surface area contributed by atoms with Gasteiger partial charge in [-0.2, -0.15) is 21.6 Å². The fourth-order valence-electron chi connectivity index (χ4n) is 2.23. The smallest absolute Gasteiger partial charge is 0.481 e. The molecular formula is C10H14F3NO7S. The summed E-state index contributed by atoms with van der Waals surface area (Å²) in [6, 6.07) is 0. The highest BCUT2D eigenvalue weighted by Crippen LogP contribution is 2.39. The first kappa shape index (κ1) is 18.5. The minimum absolute atomic E-state index is 0.249. The number of alkyl halides is 3. The molecule has 0 aliphatic carbocycles. The molecule has 8 nitrogen and oxygen atoms in total. The molecule has 1 atom stereocenters. The van der Waals surface area contributed by atoms with Crippen molar-refractivity contribution in [3.05, 3.63) is 0 Å². The van der Waals surface area contributed by atoms with Crippen molar-refractivity contribution in [3.8, 4) is 0 Å². The maximum Gasteiger partial charge on any atom is 0.523 e. The molecule has 128 valence electrons. The Labute approximate surface area is 123 Å². The summed E-state index contributed by atoms with van der Waals surface area (Å²) in [6.07, 6.45) is -3.81. The third kappa shape index (κ3) is 3.43. The largest absolute Gasteiger partial charge is 0.523 e. The number of likely N-dealkylation sites (tertiary alicyclic amines) is 1. The second-order valence-corrected chi connectivity index (χ2v) is 6.43. The third-order valence-electron chi connectivity index (χ3n) is 3.68. The van der Waals surface area contributed by atoms with Gasteiger partial charge in [0.2, 0.25) is 0 Å². The van der Waals surface area contributed by atoms with E-state index in [4.69, 9.17) is 5.11 Å². The van der Waals surface area contributed by atoms with Crippen LogP contribution >= 0.6 is 0 Å². The van der Waals surface area contributed by atoms with Crippen molar-refractivity contribution >= 4 is 22.2 Å². The predicted octanol–water partition coefficient (Wildman–Crippen LogP) is 1.09. The number of nitrogens with zero attached hydrogens (tertiary/aromatic N) is 1. The van der Waals surface area contributed by atoms with Crippen molar-refractivity contribution in [1.82, 2.24) is 4.90 Å². The van der Waals surface area contributed by atoms with Crippen molar-refractivity contribution in [1.29, 1.82) is 0 Å². The summed E-state index contributed by atoms with van der Waals surface area (Å²) in [4.78, 5) is 23.1. The number of carbonyl (C=O) groups is 2. The van der Waals surface area contributed by atoms with Crippen LogP contribution in [-0.2, 0) is 19.1 Å². The van der Waals surface area contributed by atoms with E-state index >= 15 is 0 Å². The summed E-state index contributed by atoms with van der Waals surface area (Å²) < 4.78 is 62.9. The van der Waals surface area contributed by atoms with E-state index in [2.05, 4.69) is 4.18 Å². The molecule has 1 amide bonds. The lowest BCUT2D eigenvalue weighted by Gasteiger charge is -2.40. The third-order valence-corrected chi connectivity index (χ3v) is 4.79. The van der Waals surface area contributed by atoms with Crippen molar-refractivity contribution in [2.24, 2.45) is 5.41 Å². The highest BCUT2D eigenvalue weighted by atomic mass is 32.2. The Morgan fingerprint density at radius 3 is 2.00 bits per heavy atom. The second-order valence-electron chi connectivity index (χ2n) is 4.87. The number of hydrogen-bond acceptors (Lipinski definition) is 5. The van der Waals surface area contributed by atoms with E-state index in [-0.39, 0.29) is 25.9 Å². The molecule has 0 aromatic heterocycles. The van der Waals surface area contributed by atoms with E-state index in [1.54, 1.807) is 0 Å². The van der Waals surface area contributed by atoms with Gasteiger partial charge in [0.1, 0.15) is 0 Å². The summed E-state index contributed by atoms with van der Waals surface area (Å²) in [6.45, 7) is 0.413. The zero-order valence-electron chi connectivity index (χ0n) is 11.3. The Balaban J connectivity index is 2.98. The van der Waals surface area contributed by atoms with Crippen molar-refractivity contribution in [3.63, 3.8) is 0 Å². The van der Waals surface area contributed by atoms with Crippen molar-refractivity contribution < 1.29 is 45.6 Å². The zero-order valence-corrected chi connectivity index (χ0v) is 12.1. The lowest BCUT2D eigenvalue weighted by atomic mass is 9.74. The first-order valence-corrected chi connectivity index (χ1v) is 7.45. The highest BCUT2D eigenvalue weighted by Gasteiger charge is 2.54. The Morgan fingerprint density at radius 2 is 1.68 bits per heavy atom. The van der Waals surface area contributed by atoms with Crippen LogP contribution in [0, 0.1) is 5.41 Å². The molecule has 0 aromatic carbocycles. The molecule has 1 unspecified atom stereocenters. The topological polar surface area (TPSA) is 121 Å². The van der Waals surface area contributed by atoms with Gasteiger partial charge in [-0.15, -0.1) is 0 Å². The molecule has 1 saturated heterocycles. The monoisotopic (exact) mass is 349 g/mol. The normalized spacial score (nSPS) is 20.5. The van der Waals surface area contributed by atoms with E-state index < -0.39 is 39.2 Å². The summed E-state index contributed by atoms with van der Waals surface area (Å²) in [5, 5.41) is 18.0. The van der Waals surface area contributed by atoms with Gasteiger partial charge in [0.25, 0.3) is 0 Å². The molecule has 22 heavy (non-hydrogen) atoms. The number of halogens is 3. The van der Waals surface area contributed by atoms with Crippen LogP contribution in [0.2, 0.25) is 0 Å². The predicted molar refractivity (Wildman–Crippen MR) is 64.4 cm³/mol. The zero-order chi connectivity index (χ0) is 17.3. The van der Waals surface area contributed by atoms with E-state index in [1.807, 2.05) is 0 Å². The molecule has 1 aliphatic heterocycles. The van der Waals surface area contributed by atoms with Crippen molar-refractivity contribution in [2.75, 3.05) is 13.1 Å². The number of hydrogen-bond donors (Lipinski definition) is 2. The van der Waals surface area contributed by atoms with Crippen LogP contribution in [0.3, 0.4) is 0 Å². The first-order valence-electron chi connectivity index (χ1n) is 6.04. The van der Waals surface area contributed by atoms with Gasteiger partial charge in [-0.25, -0.2) is 4.79 Å². The molecular weight excluding hydrogens is 335 g/mol. The number of aliphatic carboxylic acids is 1. The maximum absolute atomic E-state index is 12.3. The Hall–Kier alpha value is -1.56. The molecule has 2 N–H and O–H groups in total. The quantitative estimate of drug-likeness (QED) is 0.575. The fourth-order valence-corrected chi connectivity index (χ4v) is 2.90. The highest BCUT2D eigenvalue weighted by molar-refractivity contribution is 7.87. The number of piperidine rings is 1. The Bertz CT molecular complexity index is 551. The van der Waals surface area contributed by atoms with Gasteiger partial charge < -0.3 is 15.1 Å². The molecule has 1 fully saturated rings. The molecule has 1 heterocycles. The molecule has 1 aliphatic rings. The minimum Gasteiger partial charge on any atom is -0.481 e. The lowest BCUT2D eigenvalue weighted by molar-refractivity contribution is -0.159. The maximum atomic E-state index is 12.3. The minimum atomic E-state index is -5.94. The van der Waals surface area contributed by atoms with Gasteiger partial charge >= 0.3 is 27.7 Å². The molecule has 0 radical (unpaired) electrons. The van der Waals surface area contributed by atoms with E-state index in [1.165, 1.54) is 0 Å². The number of rotatable bonds is 4. The van der Waals surface area contributed by atoms with E-state index in [9.17, 15) is 36.3 Å². The fraction of sp³-hybridized carbons (Fsp3) is 0.800. The first-order chi connectivity index (χ1) is 9.83. The summed E-state index contributed by atoms with van der Waals surface area (Å²) in [5.41, 5.74) is -7.58. The average Bonchev–Trinajstić information content (AvgIpc) is 2.36. The Morgan fingerprint density at radius 1 is 1.23 bits per heavy atom. The van der Waals surface area contributed by atoms with Crippen LogP contribution in [-0.4, -0.2) is 60.3 Å². The average molecular weight is 349 g/mol. The molecule has 0 aromatic rings.